The maximum absolute atomic E-state index is 12.6. The molecule has 0 spiro atoms. The number of aryl methyl sites for hydroxylation is 1. The number of thiophene rings is 1. The quantitative estimate of drug-likeness (QED) is 0.126. The number of amides is 2. The number of hydrogen-bond acceptors (Lipinski definition) is 7. The Labute approximate surface area is 230 Å². The number of carbonyl (C=O) groups is 3. The van der Waals surface area contributed by atoms with Crippen molar-refractivity contribution in [1.82, 2.24) is 5.43 Å². The lowest BCUT2D eigenvalue weighted by atomic mass is 10.1. The number of hydrogen-bond donors (Lipinski definition) is 2. The summed E-state index contributed by atoms with van der Waals surface area (Å²) in [6.07, 6.45) is 6.07. The molecule has 198 valence electrons. The molecule has 0 bridgehead atoms. The van der Waals surface area contributed by atoms with Gasteiger partial charge in [-0.25, -0.2) is 10.2 Å². The Bertz CT molecular complexity index is 1340. The third kappa shape index (κ3) is 6.99. The SMILES string of the molecule is CCOC(=O)c1c(NC(=O)C(=O)N/N=C/c2ccc(OCc3ccccc3Cl)cc2)sc2c1CCCCC2. The van der Waals surface area contributed by atoms with Gasteiger partial charge < -0.3 is 14.8 Å². The lowest BCUT2D eigenvalue weighted by molar-refractivity contribution is -0.136. The maximum atomic E-state index is 12.6. The lowest BCUT2D eigenvalue weighted by Gasteiger charge is -2.08. The molecule has 2 aromatic carbocycles. The topological polar surface area (TPSA) is 106 Å². The van der Waals surface area contributed by atoms with E-state index < -0.39 is 17.8 Å². The van der Waals surface area contributed by atoms with E-state index in [1.165, 1.54) is 17.6 Å². The molecule has 0 saturated heterocycles. The van der Waals surface area contributed by atoms with E-state index >= 15 is 0 Å². The highest BCUT2D eigenvalue weighted by atomic mass is 35.5. The van der Waals surface area contributed by atoms with Crippen LogP contribution in [0.4, 0.5) is 5.00 Å². The van der Waals surface area contributed by atoms with Crippen molar-refractivity contribution in [3.8, 4) is 5.75 Å². The molecule has 4 rings (SSSR count). The lowest BCUT2D eigenvalue weighted by Crippen LogP contribution is -2.32. The first-order chi connectivity index (χ1) is 18.5. The number of halogens is 1. The van der Waals surface area contributed by atoms with Gasteiger partial charge in [0.1, 0.15) is 17.4 Å². The molecule has 0 unspecified atom stereocenters. The van der Waals surface area contributed by atoms with E-state index in [9.17, 15) is 14.4 Å². The standard InChI is InChI=1S/C28H28ClN3O5S/c1-2-36-28(35)24-21-9-4-3-5-11-23(21)38-27(24)31-25(33)26(34)32-30-16-18-12-14-20(15-13-18)37-17-19-8-6-7-10-22(19)29/h6-8,10,12-16H,2-5,9,11,17H2,1H3,(H,31,33)(H,32,34)/b30-16+. The van der Waals surface area contributed by atoms with Crippen LogP contribution in [0.1, 0.15) is 58.1 Å². The molecule has 3 aromatic rings. The van der Waals surface area contributed by atoms with Crippen molar-refractivity contribution in [2.75, 3.05) is 11.9 Å². The van der Waals surface area contributed by atoms with Crippen molar-refractivity contribution in [3.05, 3.63) is 80.7 Å². The first kappa shape index (κ1) is 27.3. The predicted octanol–water partition coefficient (Wildman–Crippen LogP) is 5.51. The molecule has 2 N–H and O–H groups in total. The molecule has 0 radical (unpaired) electrons. The second-order valence-electron chi connectivity index (χ2n) is 8.59. The first-order valence-corrected chi connectivity index (χ1v) is 13.6. The van der Waals surface area contributed by atoms with Crippen LogP contribution in [0, 0.1) is 0 Å². The highest BCUT2D eigenvalue weighted by molar-refractivity contribution is 7.17. The number of ether oxygens (including phenoxy) is 2. The van der Waals surface area contributed by atoms with Crippen LogP contribution < -0.4 is 15.5 Å². The predicted molar refractivity (Wildman–Crippen MR) is 148 cm³/mol. The Morgan fingerprint density at radius 1 is 1.03 bits per heavy atom. The Morgan fingerprint density at radius 3 is 2.55 bits per heavy atom. The summed E-state index contributed by atoms with van der Waals surface area (Å²) in [6.45, 7) is 2.29. The van der Waals surface area contributed by atoms with Gasteiger partial charge in [0.15, 0.2) is 0 Å². The van der Waals surface area contributed by atoms with Gasteiger partial charge in [0.25, 0.3) is 0 Å². The van der Waals surface area contributed by atoms with Gasteiger partial charge in [-0.1, -0.05) is 36.2 Å². The molecule has 0 atom stereocenters. The highest BCUT2D eigenvalue weighted by Gasteiger charge is 2.27. The minimum atomic E-state index is -0.945. The summed E-state index contributed by atoms with van der Waals surface area (Å²) in [5.41, 5.74) is 5.08. The Kier molecular flexibility index (Phi) is 9.51. The summed E-state index contributed by atoms with van der Waals surface area (Å²) in [4.78, 5) is 38.6. The molecule has 1 aromatic heterocycles. The minimum absolute atomic E-state index is 0.223. The number of nitrogens with one attached hydrogen (secondary N) is 2. The molecule has 2 amide bonds. The van der Waals surface area contributed by atoms with Gasteiger partial charge in [0.2, 0.25) is 0 Å². The van der Waals surface area contributed by atoms with E-state index in [0.717, 1.165) is 48.1 Å². The Morgan fingerprint density at radius 2 is 1.79 bits per heavy atom. The van der Waals surface area contributed by atoms with E-state index in [1.807, 2.05) is 24.3 Å². The molecular formula is C28H28ClN3O5S. The molecular weight excluding hydrogens is 526 g/mol. The van der Waals surface area contributed by atoms with Crippen molar-refractivity contribution in [2.45, 2.75) is 45.6 Å². The summed E-state index contributed by atoms with van der Waals surface area (Å²) in [6, 6.07) is 14.5. The average Bonchev–Trinajstić information content (AvgIpc) is 3.09. The van der Waals surface area contributed by atoms with Crippen LogP contribution >= 0.6 is 22.9 Å². The second-order valence-corrected chi connectivity index (χ2v) is 10.1. The van der Waals surface area contributed by atoms with Gasteiger partial charge in [-0.3, -0.25) is 9.59 Å². The Balaban J connectivity index is 1.33. The normalized spacial score (nSPS) is 12.9. The fourth-order valence-corrected chi connectivity index (χ4v) is 5.52. The van der Waals surface area contributed by atoms with E-state index in [4.69, 9.17) is 21.1 Å². The summed E-state index contributed by atoms with van der Waals surface area (Å²) in [5.74, 6) is -1.69. The molecule has 38 heavy (non-hydrogen) atoms. The van der Waals surface area contributed by atoms with Crippen LogP contribution in [0.25, 0.3) is 0 Å². The number of esters is 1. The molecule has 10 heteroatoms. The van der Waals surface area contributed by atoms with E-state index in [2.05, 4.69) is 15.8 Å². The van der Waals surface area contributed by atoms with Crippen LogP contribution in [0.5, 0.6) is 5.75 Å². The number of fused-ring (bicyclic) bond motifs is 1. The minimum Gasteiger partial charge on any atom is -0.489 e. The zero-order valence-corrected chi connectivity index (χ0v) is 22.5. The van der Waals surface area contributed by atoms with Crippen molar-refractivity contribution < 1.29 is 23.9 Å². The zero-order chi connectivity index (χ0) is 26.9. The molecule has 8 nitrogen and oxygen atoms in total. The number of nitrogens with zero attached hydrogens (tertiary/aromatic N) is 1. The van der Waals surface area contributed by atoms with Crippen molar-refractivity contribution in [3.63, 3.8) is 0 Å². The third-order valence-corrected chi connectivity index (χ3v) is 7.52. The molecule has 0 aliphatic heterocycles. The van der Waals surface area contributed by atoms with Gasteiger partial charge in [-0.2, -0.15) is 5.10 Å². The van der Waals surface area contributed by atoms with Crippen molar-refractivity contribution in [2.24, 2.45) is 5.10 Å². The fourth-order valence-electron chi connectivity index (χ4n) is 4.05. The van der Waals surface area contributed by atoms with Crippen LogP contribution in [0.15, 0.2) is 53.6 Å². The van der Waals surface area contributed by atoms with Crippen LogP contribution in [-0.4, -0.2) is 30.6 Å². The van der Waals surface area contributed by atoms with Crippen LogP contribution in [0.2, 0.25) is 5.02 Å². The van der Waals surface area contributed by atoms with Gasteiger partial charge in [-0.05, 0) is 74.1 Å². The fraction of sp³-hybridized carbons (Fsp3) is 0.286. The highest BCUT2D eigenvalue weighted by Crippen LogP contribution is 2.38. The molecule has 0 fully saturated rings. The monoisotopic (exact) mass is 553 g/mol. The molecule has 1 heterocycles. The summed E-state index contributed by atoms with van der Waals surface area (Å²) in [5, 5.41) is 7.43. The summed E-state index contributed by atoms with van der Waals surface area (Å²) >= 11 is 7.48. The molecule has 1 aliphatic rings. The summed E-state index contributed by atoms with van der Waals surface area (Å²) in [7, 11) is 0. The maximum Gasteiger partial charge on any atom is 0.341 e. The second kappa shape index (κ2) is 13.2. The Hall–Kier alpha value is -3.69. The number of anilines is 1. The van der Waals surface area contributed by atoms with Crippen LogP contribution in [-0.2, 0) is 33.8 Å². The van der Waals surface area contributed by atoms with E-state index in [-0.39, 0.29) is 6.61 Å². The van der Waals surface area contributed by atoms with Crippen molar-refractivity contribution in [1.29, 1.82) is 0 Å². The molecule has 1 aliphatic carbocycles. The number of rotatable bonds is 8. The first-order valence-electron chi connectivity index (χ1n) is 12.4. The smallest absolute Gasteiger partial charge is 0.341 e. The number of carbonyl (C=O) groups excluding carboxylic acids is 3. The van der Waals surface area contributed by atoms with E-state index in [0.29, 0.717) is 33.5 Å². The number of benzene rings is 2. The largest absolute Gasteiger partial charge is 0.489 e. The third-order valence-electron chi connectivity index (χ3n) is 5.95. The van der Waals surface area contributed by atoms with Gasteiger partial charge in [-0.15, -0.1) is 11.3 Å². The zero-order valence-electron chi connectivity index (χ0n) is 20.9. The van der Waals surface area contributed by atoms with Gasteiger partial charge >= 0.3 is 17.8 Å². The van der Waals surface area contributed by atoms with E-state index in [1.54, 1.807) is 31.2 Å². The van der Waals surface area contributed by atoms with Crippen molar-refractivity contribution >= 4 is 51.9 Å². The summed E-state index contributed by atoms with van der Waals surface area (Å²) < 4.78 is 11.0. The van der Waals surface area contributed by atoms with Gasteiger partial charge in [0.05, 0.1) is 18.4 Å². The molecule has 0 saturated carbocycles. The number of hydrazone groups is 1. The van der Waals surface area contributed by atoms with Crippen LogP contribution in [0.3, 0.4) is 0 Å². The average molecular weight is 554 g/mol. The van der Waals surface area contributed by atoms with Gasteiger partial charge in [0, 0.05) is 15.5 Å².